The van der Waals surface area contributed by atoms with Crippen LogP contribution >= 0.6 is 15.9 Å². The number of carbonyl (C=O) groups excluding carboxylic acids is 1. The number of amides is 1. The Morgan fingerprint density at radius 1 is 1.60 bits per heavy atom. The maximum absolute atomic E-state index is 13.2. The van der Waals surface area contributed by atoms with Crippen LogP contribution in [0.3, 0.4) is 0 Å². The van der Waals surface area contributed by atoms with Gasteiger partial charge in [-0.2, -0.15) is 0 Å². The first-order valence-corrected chi connectivity index (χ1v) is 5.20. The monoisotopic (exact) mass is 275 g/mol. The van der Waals surface area contributed by atoms with Gasteiger partial charge in [0.2, 0.25) is 0 Å². The molecule has 5 heteroatoms. The number of nitrogens with one attached hydrogen (secondary N) is 1. The fourth-order valence-corrected chi connectivity index (χ4v) is 1.61. The Morgan fingerprint density at radius 3 is 2.80 bits per heavy atom. The molecular formula is C10H11BrFNO2. The first kappa shape index (κ1) is 12.0. The fourth-order valence-electron chi connectivity index (χ4n) is 1.12. The Morgan fingerprint density at radius 2 is 2.27 bits per heavy atom. The third-order valence-electron chi connectivity index (χ3n) is 1.82. The molecule has 0 aliphatic carbocycles. The van der Waals surface area contributed by atoms with Crippen LogP contribution in [0.1, 0.15) is 17.3 Å². The highest BCUT2D eigenvalue weighted by atomic mass is 79.9. The summed E-state index contributed by atoms with van der Waals surface area (Å²) in [4.78, 5) is 11.5. The van der Waals surface area contributed by atoms with Crippen LogP contribution in [0.4, 0.5) is 4.39 Å². The second-order valence-electron chi connectivity index (χ2n) is 2.83. The molecule has 0 spiro atoms. The summed E-state index contributed by atoms with van der Waals surface area (Å²) in [7, 11) is 1.35. The summed E-state index contributed by atoms with van der Waals surface area (Å²) in [5.41, 5.74) is 0.357. The highest BCUT2D eigenvalue weighted by molar-refractivity contribution is 9.10. The predicted octanol–water partition coefficient (Wildman–Crippen LogP) is 2.35. The van der Waals surface area contributed by atoms with E-state index in [1.165, 1.54) is 19.2 Å². The molecule has 15 heavy (non-hydrogen) atoms. The van der Waals surface area contributed by atoms with Crippen LogP contribution in [0.5, 0.6) is 5.75 Å². The van der Waals surface area contributed by atoms with Gasteiger partial charge < -0.3 is 10.1 Å². The lowest BCUT2D eigenvalue weighted by Gasteiger charge is -2.08. The Bertz CT molecular complexity index is 382. The molecule has 0 aliphatic rings. The third-order valence-corrected chi connectivity index (χ3v) is 2.48. The van der Waals surface area contributed by atoms with Crippen molar-refractivity contribution in [3.8, 4) is 5.75 Å². The van der Waals surface area contributed by atoms with E-state index in [4.69, 9.17) is 4.74 Å². The van der Waals surface area contributed by atoms with E-state index in [1.807, 2.05) is 6.92 Å². The summed E-state index contributed by atoms with van der Waals surface area (Å²) in [5.74, 6) is -0.709. The van der Waals surface area contributed by atoms with E-state index >= 15 is 0 Å². The van der Waals surface area contributed by atoms with Gasteiger partial charge in [0.25, 0.3) is 5.91 Å². The molecule has 0 saturated carbocycles. The summed E-state index contributed by atoms with van der Waals surface area (Å²) in [6, 6.07) is 2.58. The van der Waals surface area contributed by atoms with Gasteiger partial charge in [-0.1, -0.05) is 0 Å². The Labute approximate surface area is 95.7 Å². The molecule has 0 radical (unpaired) electrons. The van der Waals surface area contributed by atoms with E-state index in [0.717, 1.165) is 0 Å². The average Bonchev–Trinajstić information content (AvgIpc) is 2.18. The fraction of sp³-hybridized carbons (Fsp3) is 0.300. The Hall–Kier alpha value is -1.10. The highest BCUT2D eigenvalue weighted by Crippen LogP contribution is 2.25. The maximum Gasteiger partial charge on any atom is 0.252 e. The van der Waals surface area contributed by atoms with Crippen LogP contribution < -0.4 is 10.1 Å². The molecule has 1 aromatic carbocycles. The van der Waals surface area contributed by atoms with E-state index in [0.29, 0.717) is 16.6 Å². The number of hydrogen-bond donors (Lipinski definition) is 1. The Balaban J connectivity index is 3.12. The summed E-state index contributed by atoms with van der Waals surface area (Å²) in [6.07, 6.45) is 0. The van der Waals surface area contributed by atoms with Gasteiger partial charge in [-0.15, -0.1) is 0 Å². The zero-order valence-corrected chi connectivity index (χ0v) is 10.0. The van der Waals surface area contributed by atoms with Crippen LogP contribution in [-0.2, 0) is 0 Å². The minimum absolute atomic E-state index is 0.0550. The quantitative estimate of drug-likeness (QED) is 0.920. The van der Waals surface area contributed by atoms with Crippen LogP contribution in [0.25, 0.3) is 0 Å². The van der Waals surface area contributed by atoms with Crippen molar-refractivity contribution in [1.82, 2.24) is 5.32 Å². The molecular weight excluding hydrogens is 265 g/mol. The molecule has 82 valence electrons. The molecule has 0 heterocycles. The largest absolute Gasteiger partial charge is 0.494 e. The van der Waals surface area contributed by atoms with Crippen LogP contribution in [0.2, 0.25) is 0 Å². The molecule has 0 aliphatic heterocycles. The molecule has 0 atom stereocenters. The number of rotatable bonds is 3. The zero-order valence-electron chi connectivity index (χ0n) is 8.43. The van der Waals surface area contributed by atoms with Crippen molar-refractivity contribution in [3.05, 3.63) is 28.0 Å². The van der Waals surface area contributed by atoms with Crippen molar-refractivity contribution in [2.45, 2.75) is 6.92 Å². The van der Waals surface area contributed by atoms with E-state index < -0.39 is 5.82 Å². The normalized spacial score (nSPS) is 9.87. The van der Waals surface area contributed by atoms with Crippen molar-refractivity contribution in [2.75, 3.05) is 13.7 Å². The number of benzene rings is 1. The number of ether oxygens (including phenoxy) is 1. The van der Waals surface area contributed by atoms with E-state index in [9.17, 15) is 9.18 Å². The summed E-state index contributed by atoms with van der Waals surface area (Å²) in [5, 5.41) is 2.63. The first-order chi connectivity index (χ1) is 7.10. The highest BCUT2D eigenvalue weighted by Gasteiger charge is 2.13. The molecule has 0 bridgehead atoms. The third kappa shape index (κ3) is 2.68. The lowest BCUT2D eigenvalue weighted by atomic mass is 10.2. The number of hydrogen-bond acceptors (Lipinski definition) is 2. The van der Waals surface area contributed by atoms with Crippen molar-refractivity contribution < 1.29 is 13.9 Å². The topological polar surface area (TPSA) is 38.3 Å². The molecule has 0 saturated heterocycles. The van der Waals surface area contributed by atoms with Crippen molar-refractivity contribution in [1.29, 1.82) is 0 Å². The zero-order chi connectivity index (χ0) is 11.4. The van der Waals surface area contributed by atoms with E-state index in [2.05, 4.69) is 21.2 Å². The molecule has 0 unspecified atom stereocenters. The molecule has 1 rings (SSSR count). The van der Waals surface area contributed by atoms with Gasteiger partial charge in [-0.3, -0.25) is 4.79 Å². The summed E-state index contributed by atoms with van der Waals surface area (Å²) >= 11 is 3.12. The number of carbonyl (C=O) groups is 1. The second-order valence-corrected chi connectivity index (χ2v) is 3.68. The van der Waals surface area contributed by atoms with E-state index in [1.54, 1.807) is 0 Å². The van der Waals surface area contributed by atoms with Crippen molar-refractivity contribution in [3.63, 3.8) is 0 Å². The minimum atomic E-state index is -0.502. The number of halogens is 2. The molecule has 0 aromatic heterocycles. The number of methoxy groups -OCH3 is 1. The summed E-state index contributed by atoms with van der Waals surface area (Å²) in [6.45, 7) is 2.33. The average molecular weight is 276 g/mol. The minimum Gasteiger partial charge on any atom is -0.494 e. The molecule has 1 aromatic rings. The van der Waals surface area contributed by atoms with Gasteiger partial charge >= 0.3 is 0 Å². The van der Waals surface area contributed by atoms with Crippen molar-refractivity contribution >= 4 is 21.8 Å². The first-order valence-electron chi connectivity index (χ1n) is 4.41. The SMILES string of the molecule is CCNC(=O)c1cc(OC)c(F)cc1Br. The van der Waals surface area contributed by atoms with Gasteiger partial charge in [0, 0.05) is 11.0 Å². The predicted molar refractivity (Wildman–Crippen MR) is 58.7 cm³/mol. The summed E-state index contributed by atoms with van der Waals surface area (Å²) < 4.78 is 18.4. The standard InChI is InChI=1S/C10H11BrFNO2/c1-3-13-10(14)6-4-9(15-2)8(12)5-7(6)11/h4-5H,3H2,1-2H3,(H,13,14). The molecule has 1 N–H and O–H groups in total. The second kappa shape index (κ2) is 5.11. The maximum atomic E-state index is 13.2. The van der Waals surface area contributed by atoms with Gasteiger partial charge in [0.15, 0.2) is 11.6 Å². The van der Waals surface area contributed by atoms with Gasteiger partial charge in [-0.25, -0.2) is 4.39 Å². The smallest absolute Gasteiger partial charge is 0.252 e. The van der Waals surface area contributed by atoms with Crippen LogP contribution in [-0.4, -0.2) is 19.6 Å². The van der Waals surface area contributed by atoms with Gasteiger partial charge in [0.05, 0.1) is 12.7 Å². The van der Waals surface area contributed by atoms with Crippen LogP contribution in [0.15, 0.2) is 16.6 Å². The lowest BCUT2D eigenvalue weighted by Crippen LogP contribution is -2.23. The van der Waals surface area contributed by atoms with E-state index in [-0.39, 0.29) is 11.7 Å². The van der Waals surface area contributed by atoms with Crippen LogP contribution in [0, 0.1) is 5.82 Å². The lowest BCUT2D eigenvalue weighted by molar-refractivity contribution is 0.0954. The molecule has 0 fully saturated rings. The molecule has 3 nitrogen and oxygen atoms in total. The van der Waals surface area contributed by atoms with Crippen molar-refractivity contribution in [2.24, 2.45) is 0 Å². The Kier molecular flexibility index (Phi) is 4.08. The van der Waals surface area contributed by atoms with Gasteiger partial charge in [-0.05, 0) is 35.0 Å². The molecule has 1 amide bonds. The van der Waals surface area contributed by atoms with Gasteiger partial charge in [0.1, 0.15) is 0 Å².